The Morgan fingerprint density at radius 1 is 0.964 bits per heavy atom. The second kappa shape index (κ2) is 17.9. The number of nitrogens with one attached hydrogen (secondary N) is 2. The van der Waals surface area contributed by atoms with Gasteiger partial charge in [-0.3, -0.25) is 19.7 Å². The van der Waals surface area contributed by atoms with Gasteiger partial charge in [0.1, 0.15) is 17.4 Å². The number of hydrogen-bond donors (Lipinski definition) is 6. The van der Waals surface area contributed by atoms with Crippen molar-refractivity contribution in [1.29, 1.82) is 0 Å². The quantitative estimate of drug-likeness (QED) is 0.109. The van der Waals surface area contributed by atoms with Gasteiger partial charge in [0.05, 0.1) is 5.70 Å². The van der Waals surface area contributed by atoms with Crippen molar-refractivity contribution in [3.63, 3.8) is 0 Å². The molecule has 3 aliphatic rings. The van der Waals surface area contributed by atoms with E-state index in [2.05, 4.69) is 39.8 Å². The molecule has 9 N–H and O–H groups in total. The molecular weight excluding hydrogens is 721 g/mol. The Hall–Kier alpha value is -5.63. The van der Waals surface area contributed by atoms with Crippen molar-refractivity contribution in [3.8, 4) is 11.5 Å². The molecule has 3 aliphatic heterocycles. The van der Waals surface area contributed by atoms with E-state index in [4.69, 9.17) is 21.9 Å². The van der Waals surface area contributed by atoms with Crippen LogP contribution in [0.25, 0.3) is 5.70 Å². The van der Waals surface area contributed by atoms with Gasteiger partial charge in [-0.15, -0.1) is 0 Å². The Balaban J connectivity index is 0.971. The van der Waals surface area contributed by atoms with Crippen LogP contribution in [-0.4, -0.2) is 78.0 Å². The molecular formula is C42H51F2N7O5. The first-order valence-corrected chi connectivity index (χ1v) is 19.2. The fraction of sp³-hybridized carbons (Fsp3) is 0.405. The van der Waals surface area contributed by atoms with E-state index in [1.807, 2.05) is 35.2 Å². The Morgan fingerprint density at radius 3 is 2.32 bits per heavy atom. The Bertz CT molecular complexity index is 1940. The summed E-state index contributed by atoms with van der Waals surface area (Å²) in [5.74, 6) is -2.42. The summed E-state index contributed by atoms with van der Waals surface area (Å²) in [4.78, 5) is 41.0. The fourth-order valence-corrected chi connectivity index (χ4v) is 7.98. The molecule has 0 aromatic heterocycles. The lowest BCUT2D eigenvalue weighted by molar-refractivity contribution is -0.138. The molecule has 12 nitrogen and oxygen atoms in total. The van der Waals surface area contributed by atoms with E-state index in [-0.39, 0.29) is 40.7 Å². The third-order valence-corrected chi connectivity index (χ3v) is 11.3. The summed E-state index contributed by atoms with van der Waals surface area (Å²) in [6, 6.07) is 19.5. The van der Waals surface area contributed by atoms with Crippen LogP contribution in [0.4, 0.5) is 8.78 Å². The maximum absolute atomic E-state index is 14.0. The molecule has 0 radical (unpaired) electrons. The van der Waals surface area contributed by atoms with Gasteiger partial charge in [0.25, 0.3) is 5.91 Å². The molecule has 3 aromatic rings. The van der Waals surface area contributed by atoms with E-state index < -0.39 is 29.4 Å². The van der Waals surface area contributed by atoms with Crippen LogP contribution in [0.1, 0.15) is 74.0 Å². The number of hydrogen-bond acceptors (Lipinski definition) is 10. The summed E-state index contributed by atoms with van der Waals surface area (Å²) in [5, 5.41) is 15.7. The van der Waals surface area contributed by atoms with Crippen LogP contribution < -0.4 is 32.6 Å². The molecule has 3 amide bonds. The van der Waals surface area contributed by atoms with Crippen LogP contribution in [0.3, 0.4) is 0 Å². The highest BCUT2D eigenvalue weighted by Gasteiger charge is 2.37. The average molecular weight is 772 g/mol. The third-order valence-electron chi connectivity index (χ3n) is 11.3. The van der Waals surface area contributed by atoms with E-state index in [0.717, 1.165) is 50.5 Å². The highest BCUT2D eigenvalue weighted by atomic mass is 19.1. The topological polar surface area (TPSA) is 189 Å². The number of nitrogens with two attached hydrogens (primary N) is 3. The zero-order chi connectivity index (χ0) is 39.8. The van der Waals surface area contributed by atoms with Crippen molar-refractivity contribution in [3.05, 3.63) is 113 Å². The molecule has 3 heterocycles. The van der Waals surface area contributed by atoms with Gasteiger partial charge in [0, 0.05) is 61.6 Å². The molecule has 0 bridgehead atoms. The molecule has 3 aromatic carbocycles. The lowest BCUT2D eigenvalue weighted by atomic mass is 9.72. The molecule has 1 unspecified atom stereocenters. The van der Waals surface area contributed by atoms with Gasteiger partial charge in [0.2, 0.25) is 11.8 Å². The first-order chi connectivity index (χ1) is 26.9. The Kier molecular flexibility index (Phi) is 12.8. The second-order valence-corrected chi connectivity index (χ2v) is 15.0. The SMILES string of the molecule is NC(N)=C(/C=C(\N)c1cc(F)cc(F)c1O)N1CCC(CNC(=O)CCCN2CCC(c3ccc(OC4CCC(=O)NC4=O)cc3)CC2)(c2ccccc2)CC1. The van der Waals surface area contributed by atoms with Crippen molar-refractivity contribution < 1.29 is 33.0 Å². The number of aromatic hydroxyl groups is 1. The molecule has 56 heavy (non-hydrogen) atoms. The van der Waals surface area contributed by atoms with Gasteiger partial charge in [0.15, 0.2) is 17.7 Å². The minimum atomic E-state index is -1.13. The summed E-state index contributed by atoms with van der Waals surface area (Å²) >= 11 is 0. The van der Waals surface area contributed by atoms with E-state index in [9.17, 15) is 28.3 Å². The summed E-state index contributed by atoms with van der Waals surface area (Å²) in [6.45, 7) is 4.21. The monoisotopic (exact) mass is 771 g/mol. The summed E-state index contributed by atoms with van der Waals surface area (Å²) in [6.07, 6.45) is 5.92. The molecule has 3 saturated heterocycles. The molecule has 1 atom stereocenters. The number of benzene rings is 3. The van der Waals surface area contributed by atoms with Gasteiger partial charge < -0.3 is 42.2 Å². The second-order valence-electron chi connectivity index (χ2n) is 15.0. The number of carbonyl (C=O) groups excluding carboxylic acids is 3. The largest absolute Gasteiger partial charge is 0.504 e. The zero-order valence-electron chi connectivity index (χ0n) is 31.4. The zero-order valence-corrected chi connectivity index (χ0v) is 31.4. The van der Waals surface area contributed by atoms with Gasteiger partial charge in [-0.05, 0) is 93.1 Å². The molecule has 14 heteroatoms. The Morgan fingerprint density at radius 2 is 1.66 bits per heavy atom. The average Bonchev–Trinajstić information content (AvgIpc) is 3.19. The molecule has 0 saturated carbocycles. The maximum atomic E-state index is 14.0. The standard InChI is InChI=1S/C42H51F2N7O5/c43-30-23-32(39(54)33(44)24-30)34(45)25-35(40(46)47)51-21-16-42(17-22-51,29-5-2-1-3-6-29)26-48-37(52)7-4-18-50-19-14-28(15-20-50)27-8-10-31(11-9-27)56-36-12-13-38(53)49-41(36)55/h1-3,5-6,8-11,23-25,28,36,54H,4,7,12-22,26,45-47H2,(H,48,52)(H,49,53,55)/b34-25-. The minimum Gasteiger partial charge on any atom is -0.504 e. The number of piperidine rings is 3. The van der Waals surface area contributed by atoms with Crippen LogP contribution in [0.15, 0.2) is 84.3 Å². The number of likely N-dealkylation sites (tertiary alicyclic amines) is 2. The Labute approximate surface area is 325 Å². The number of ether oxygens (including phenoxy) is 1. The van der Waals surface area contributed by atoms with Crippen molar-refractivity contribution in [2.24, 2.45) is 17.2 Å². The normalized spacial score (nSPS) is 19.3. The number of nitrogens with zero attached hydrogens (tertiary/aromatic N) is 2. The van der Waals surface area contributed by atoms with Crippen molar-refractivity contribution in [2.75, 3.05) is 39.3 Å². The number of allylic oxidation sites excluding steroid dienone is 1. The van der Waals surface area contributed by atoms with Crippen molar-refractivity contribution in [1.82, 2.24) is 20.4 Å². The highest BCUT2D eigenvalue weighted by Crippen LogP contribution is 2.37. The smallest absolute Gasteiger partial charge is 0.267 e. The number of phenols is 1. The molecule has 298 valence electrons. The predicted octanol–water partition coefficient (Wildman–Crippen LogP) is 4.05. The van der Waals surface area contributed by atoms with E-state index >= 15 is 0 Å². The van der Waals surface area contributed by atoms with Crippen LogP contribution >= 0.6 is 0 Å². The van der Waals surface area contributed by atoms with Crippen LogP contribution in [0.5, 0.6) is 11.5 Å². The first-order valence-electron chi connectivity index (χ1n) is 19.2. The van der Waals surface area contributed by atoms with E-state index in [1.165, 1.54) is 11.6 Å². The highest BCUT2D eigenvalue weighted by molar-refractivity contribution is 5.99. The third kappa shape index (κ3) is 9.78. The molecule has 6 rings (SSSR count). The summed E-state index contributed by atoms with van der Waals surface area (Å²) in [7, 11) is 0. The predicted molar refractivity (Wildman–Crippen MR) is 208 cm³/mol. The van der Waals surface area contributed by atoms with Gasteiger partial charge in [-0.2, -0.15) is 0 Å². The lowest BCUT2D eigenvalue weighted by Gasteiger charge is -2.43. The number of rotatable bonds is 13. The number of imide groups is 1. The number of amides is 3. The molecule has 3 fully saturated rings. The summed E-state index contributed by atoms with van der Waals surface area (Å²) in [5.41, 5.74) is 20.4. The summed E-state index contributed by atoms with van der Waals surface area (Å²) < 4.78 is 33.8. The van der Waals surface area contributed by atoms with Crippen LogP contribution in [-0.2, 0) is 19.8 Å². The van der Waals surface area contributed by atoms with Crippen molar-refractivity contribution >= 4 is 23.4 Å². The first kappa shape index (κ1) is 40.0. The van der Waals surface area contributed by atoms with Crippen molar-refractivity contribution in [2.45, 2.75) is 68.8 Å². The molecule has 0 aliphatic carbocycles. The lowest BCUT2D eigenvalue weighted by Crippen LogP contribution is -2.49. The van der Waals surface area contributed by atoms with E-state index in [1.54, 1.807) is 0 Å². The minimum absolute atomic E-state index is 0.00173. The van der Waals surface area contributed by atoms with Crippen LogP contribution in [0, 0.1) is 11.6 Å². The maximum Gasteiger partial charge on any atom is 0.267 e. The van der Waals surface area contributed by atoms with Gasteiger partial charge in [-0.25, -0.2) is 8.78 Å². The van der Waals surface area contributed by atoms with Gasteiger partial charge >= 0.3 is 0 Å². The van der Waals surface area contributed by atoms with Crippen LogP contribution in [0.2, 0.25) is 0 Å². The van der Waals surface area contributed by atoms with E-state index in [0.29, 0.717) is 68.7 Å². The molecule has 0 spiro atoms. The van der Waals surface area contributed by atoms with Gasteiger partial charge in [-0.1, -0.05) is 42.5 Å². The number of carbonyl (C=O) groups is 3. The fourth-order valence-electron chi connectivity index (χ4n) is 7.98. The number of halogens is 2. The number of phenolic OH excluding ortho intramolecular Hbond substituents is 1.